The lowest BCUT2D eigenvalue weighted by Gasteiger charge is -2.32. The Balaban J connectivity index is 1.76. The normalized spacial score (nSPS) is 18.0. The highest BCUT2D eigenvalue weighted by Crippen LogP contribution is 2.22. The molecule has 0 spiro atoms. The Kier molecular flexibility index (Phi) is 5.60. The second kappa shape index (κ2) is 7.44. The summed E-state index contributed by atoms with van der Waals surface area (Å²) in [4.78, 5) is 14.1. The van der Waals surface area contributed by atoms with Gasteiger partial charge in [0.05, 0.1) is 12.5 Å². The fourth-order valence-electron chi connectivity index (χ4n) is 2.79. The van der Waals surface area contributed by atoms with Crippen LogP contribution < -0.4 is 0 Å². The van der Waals surface area contributed by atoms with Crippen LogP contribution in [0.25, 0.3) is 0 Å². The number of ether oxygens (including phenoxy) is 1. The Bertz CT molecular complexity index is 410. The van der Waals surface area contributed by atoms with Gasteiger partial charge < -0.3 is 9.64 Å². The number of likely N-dealkylation sites (tertiary alicyclic amines) is 1. The molecule has 1 aliphatic heterocycles. The summed E-state index contributed by atoms with van der Waals surface area (Å²) in [6, 6.07) is 10.6. The monoisotopic (exact) mass is 275 g/mol. The van der Waals surface area contributed by atoms with E-state index in [2.05, 4.69) is 30.3 Å². The van der Waals surface area contributed by atoms with Crippen molar-refractivity contribution in [1.82, 2.24) is 4.90 Å². The van der Waals surface area contributed by atoms with Crippen LogP contribution in [0.4, 0.5) is 0 Å². The number of methoxy groups -OCH3 is 1. The van der Waals surface area contributed by atoms with Crippen molar-refractivity contribution in [3.8, 4) is 0 Å². The largest absolute Gasteiger partial charge is 0.381 e. The van der Waals surface area contributed by atoms with Crippen LogP contribution in [0.15, 0.2) is 30.3 Å². The summed E-state index contributed by atoms with van der Waals surface area (Å²) in [6.45, 7) is 3.74. The van der Waals surface area contributed by atoms with Gasteiger partial charge in [0.25, 0.3) is 0 Å². The van der Waals surface area contributed by atoms with E-state index in [4.69, 9.17) is 4.74 Å². The topological polar surface area (TPSA) is 29.5 Å². The standard InChI is InChI=1S/C17H25NO2/c1-14(20-2)12-17(19)18-10-8-16(9-11-18)13-15-6-4-3-5-7-15/h3-7,14,16H,8-13H2,1-2H3/t14-/m1/s1. The third-order valence-electron chi connectivity index (χ3n) is 4.20. The fraction of sp³-hybridized carbons (Fsp3) is 0.588. The van der Waals surface area contributed by atoms with Gasteiger partial charge in [-0.15, -0.1) is 0 Å². The minimum atomic E-state index is 0.0181. The third-order valence-corrected chi connectivity index (χ3v) is 4.20. The first kappa shape index (κ1) is 15.0. The Hall–Kier alpha value is -1.35. The van der Waals surface area contributed by atoms with Crippen LogP contribution in [0.2, 0.25) is 0 Å². The molecule has 3 nitrogen and oxygen atoms in total. The number of carbonyl (C=O) groups is 1. The van der Waals surface area contributed by atoms with Crippen molar-refractivity contribution in [2.24, 2.45) is 5.92 Å². The molecule has 1 heterocycles. The molecule has 1 saturated heterocycles. The van der Waals surface area contributed by atoms with E-state index in [1.165, 1.54) is 5.56 Å². The highest BCUT2D eigenvalue weighted by molar-refractivity contribution is 5.76. The maximum Gasteiger partial charge on any atom is 0.225 e. The average Bonchev–Trinajstić information content (AvgIpc) is 2.49. The van der Waals surface area contributed by atoms with Crippen molar-refractivity contribution in [2.45, 2.75) is 38.7 Å². The van der Waals surface area contributed by atoms with Crippen molar-refractivity contribution in [2.75, 3.05) is 20.2 Å². The van der Waals surface area contributed by atoms with E-state index in [1.807, 2.05) is 11.8 Å². The van der Waals surface area contributed by atoms with Crippen LogP contribution in [0.5, 0.6) is 0 Å². The van der Waals surface area contributed by atoms with Crippen molar-refractivity contribution >= 4 is 5.91 Å². The van der Waals surface area contributed by atoms with Crippen molar-refractivity contribution < 1.29 is 9.53 Å². The number of rotatable bonds is 5. The number of hydrogen-bond acceptors (Lipinski definition) is 2. The van der Waals surface area contributed by atoms with Gasteiger partial charge in [0, 0.05) is 20.2 Å². The van der Waals surface area contributed by atoms with Crippen molar-refractivity contribution in [3.63, 3.8) is 0 Å². The van der Waals surface area contributed by atoms with Gasteiger partial charge >= 0.3 is 0 Å². The second-order valence-electron chi connectivity index (χ2n) is 5.76. The number of nitrogens with zero attached hydrogens (tertiary/aromatic N) is 1. The number of benzene rings is 1. The molecule has 2 rings (SSSR count). The number of piperidine rings is 1. The van der Waals surface area contributed by atoms with Crippen LogP contribution in [0.1, 0.15) is 31.7 Å². The summed E-state index contributed by atoms with van der Waals surface area (Å²) in [6.07, 6.45) is 3.88. The Morgan fingerprint density at radius 3 is 2.55 bits per heavy atom. The van der Waals surface area contributed by atoms with E-state index in [0.29, 0.717) is 12.3 Å². The van der Waals surface area contributed by atoms with Crippen molar-refractivity contribution in [3.05, 3.63) is 35.9 Å². The molecular formula is C17H25NO2. The van der Waals surface area contributed by atoms with Gasteiger partial charge in [-0.25, -0.2) is 0 Å². The third kappa shape index (κ3) is 4.34. The lowest BCUT2D eigenvalue weighted by Crippen LogP contribution is -2.40. The molecule has 1 atom stereocenters. The molecule has 1 aromatic rings. The van der Waals surface area contributed by atoms with E-state index in [1.54, 1.807) is 7.11 Å². The predicted octanol–water partition coefficient (Wildman–Crippen LogP) is 2.89. The minimum Gasteiger partial charge on any atom is -0.381 e. The average molecular weight is 275 g/mol. The van der Waals surface area contributed by atoms with E-state index in [9.17, 15) is 4.79 Å². The molecule has 0 aliphatic carbocycles. The molecule has 0 bridgehead atoms. The quantitative estimate of drug-likeness (QED) is 0.827. The molecular weight excluding hydrogens is 250 g/mol. The SMILES string of the molecule is CO[C@H](C)CC(=O)N1CCC(Cc2ccccc2)CC1. The summed E-state index contributed by atoms with van der Waals surface area (Å²) in [5.74, 6) is 0.943. The molecule has 0 N–H and O–H groups in total. The van der Waals surface area contributed by atoms with Gasteiger partial charge in [0.1, 0.15) is 0 Å². The van der Waals surface area contributed by atoms with Gasteiger partial charge in [-0.1, -0.05) is 30.3 Å². The Morgan fingerprint density at radius 2 is 1.95 bits per heavy atom. The molecule has 0 saturated carbocycles. The molecule has 0 unspecified atom stereocenters. The first-order chi connectivity index (χ1) is 9.69. The summed E-state index contributed by atoms with van der Waals surface area (Å²) >= 11 is 0. The Labute approximate surface area is 121 Å². The van der Waals surface area contributed by atoms with Crippen LogP contribution in [0, 0.1) is 5.92 Å². The first-order valence-electron chi connectivity index (χ1n) is 7.53. The summed E-state index contributed by atoms with van der Waals surface area (Å²) in [5, 5.41) is 0. The Morgan fingerprint density at radius 1 is 1.30 bits per heavy atom. The molecule has 1 aromatic carbocycles. The van der Waals surface area contributed by atoms with Crippen LogP contribution in [-0.4, -0.2) is 37.1 Å². The smallest absolute Gasteiger partial charge is 0.225 e. The number of carbonyl (C=O) groups excluding carboxylic acids is 1. The summed E-state index contributed by atoms with van der Waals surface area (Å²) < 4.78 is 5.16. The maximum absolute atomic E-state index is 12.1. The zero-order chi connectivity index (χ0) is 14.4. The van der Waals surface area contributed by atoms with Gasteiger partial charge in [-0.05, 0) is 37.7 Å². The van der Waals surface area contributed by atoms with Crippen LogP contribution in [0.3, 0.4) is 0 Å². The number of hydrogen-bond donors (Lipinski definition) is 0. The maximum atomic E-state index is 12.1. The van der Waals surface area contributed by atoms with Crippen LogP contribution in [-0.2, 0) is 16.0 Å². The fourth-order valence-corrected chi connectivity index (χ4v) is 2.79. The van der Waals surface area contributed by atoms with E-state index in [0.717, 1.165) is 32.4 Å². The van der Waals surface area contributed by atoms with Gasteiger partial charge in [0.2, 0.25) is 5.91 Å². The molecule has 3 heteroatoms. The van der Waals surface area contributed by atoms with Crippen LogP contribution >= 0.6 is 0 Å². The highest BCUT2D eigenvalue weighted by Gasteiger charge is 2.23. The molecule has 1 aliphatic rings. The van der Waals surface area contributed by atoms with E-state index in [-0.39, 0.29) is 12.0 Å². The van der Waals surface area contributed by atoms with Gasteiger partial charge in [-0.3, -0.25) is 4.79 Å². The molecule has 0 aromatic heterocycles. The molecule has 1 amide bonds. The first-order valence-corrected chi connectivity index (χ1v) is 7.53. The summed E-state index contributed by atoms with van der Waals surface area (Å²) in [5.41, 5.74) is 1.41. The lowest BCUT2D eigenvalue weighted by atomic mass is 9.90. The van der Waals surface area contributed by atoms with E-state index < -0.39 is 0 Å². The van der Waals surface area contributed by atoms with Crippen molar-refractivity contribution in [1.29, 1.82) is 0 Å². The molecule has 0 radical (unpaired) electrons. The molecule has 1 fully saturated rings. The van der Waals surface area contributed by atoms with Gasteiger partial charge in [-0.2, -0.15) is 0 Å². The summed E-state index contributed by atoms with van der Waals surface area (Å²) in [7, 11) is 1.66. The predicted molar refractivity (Wildman–Crippen MR) is 80.5 cm³/mol. The zero-order valence-electron chi connectivity index (χ0n) is 12.5. The molecule has 110 valence electrons. The second-order valence-corrected chi connectivity index (χ2v) is 5.76. The van der Waals surface area contributed by atoms with Gasteiger partial charge in [0.15, 0.2) is 0 Å². The minimum absolute atomic E-state index is 0.0181. The number of amides is 1. The highest BCUT2D eigenvalue weighted by atomic mass is 16.5. The van der Waals surface area contributed by atoms with E-state index >= 15 is 0 Å². The zero-order valence-corrected chi connectivity index (χ0v) is 12.5. The lowest BCUT2D eigenvalue weighted by molar-refractivity contribution is -0.134. The molecule has 20 heavy (non-hydrogen) atoms.